The van der Waals surface area contributed by atoms with Gasteiger partial charge in [0.2, 0.25) is 11.8 Å². The first-order valence-corrected chi connectivity index (χ1v) is 8.25. The number of ether oxygens (including phenoxy) is 1. The Morgan fingerprint density at radius 2 is 1.52 bits per heavy atom. The van der Waals surface area contributed by atoms with Gasteiger partial charge >= 0.3 is 0 Å². The molecule has 0 radical (unpaired) electrons. The van der Waals surface area contributed by atoms with Crippen molar-refractivity contribution in [3.05, 3.63) is 0 Å². The van der Waals surface area contributed by atoms with Crippen molar-refractivity contribution < 1.29 is 14.3 Å². The second-order valence-electron chi connectivity index (χ2n) is 7.08. The van der Waals surface area contributed by atoms with Gasteiger partial charge in [0.1, 0.15) is 0 Å². The Bertz CT molecular complexity index is 403. The van der Waals surface area contributed by atoms with E-state index in [0.29, 0.717) is 45.4 Å². The van der Waals surface area contributed by atoms with Crippen molar-refractivity contribution in [3.63, 3.8) is 0 Å². The molecule has 0 aromatic heterocycles. The molecule has 0 aromatic carbocycles. The molecule has 118 valence electrons. The van der Waals surface area contributed by atoms with E-state index in [2.05, 4.69) is 0 Å². The SMILES string of the molecule is NCC1(N2C(=O)CC3(CCCCC3)CC2=O)CCOCC1. The maximum absolute atomic E-state index is 12.8. The monoisotopic (exact) mass is 294 g/mol. The highest BCUT2D eigenvalue weighted by molar-refractivity contribution is 5.99. The van der Waals surface area contributed by atoms with Gasteiger partial charge in [-0.15, -0.1) is 0 Å². The van der Waals surface area contributed by atoms with Crippen LogP contribution >= 0.6 is 0 Å². The summed E-state index contributed by atoms with van der Waals surface area (Å²) >= 11 is 0. The molecule has 5 heteroatoms. The normalized spacial score (nSPS) is 28.9. The highest BCUT2D eigenvalue weighted by Crippen LogP contribution is 2.47. The van der Waals surface area contributed by atoms with Crippen molar-refractivity contribution in [2.75, 3.05) is 19.8 Å². The number of rotatable bonds is 2. The van der Waals surface area contributed by atoms with Crippen LogP contribution in [0, 0.1) is 5.41 Å². The second kappa shape index (κ2) is 5.69. The predicted octanol–water partition coefficient (Wildman–Crippen LogP) is 1.59. The lowest BCUT2D eigenvalue weighted by Gasteiger charge is -2.50. The minimum absolute atomic E-state index is 0.000463. The van der Waals surface area contributed by atoms with Crippen molar-refractivity contribution in [2.24, 2.45) is 11.1 Å². The summed E-state index contributed by atoms with van der Waals surface area (Å²) in [5.74, 6) is 0.000926. The maximum Gasteiger partial charge on any atom is 0.230 e. The molecular weight excluding hydrogens is 268 g/mol. The summed E-state index contributed by atoms with van der Waals surface area (Å²) < 4.78 is 5.39. The Morgan fingerprint density at radius 1 is 0.952 bits per heavy atom. The molecule has 0 aromatic rings. The van der Waals surface area contributed by atoms with Crippen molar-refractivity contribution in [2.45, 2.75) is 63.3 Å². The zero-order chi connectivity index (χ0) is 14.9. The molecule has 0 bridgehead atoms. The van der Waals surface area contributed by atoms with Crippen molar-refractivity contribution in [1.82, 2.24) is 4.90 Å². The summed E-state index contributed by atoms with van der Waals surface area (Å²) in [6.07, 6.45) is 7.99. The van der Waals surface area contributed by atoms with Crippen LogP contribution in [0.4, 0.5) is 0 Å². The summed E-state index contributed by atoms with van der Waals surface area (Å²) in [5, 5.41) is 0. The number of piperidine rings is 1. The lowest BCUT2D eigenvalue weighted by Crippen LogP contribution is -2.64. The molecule has 3 fully saturated rings. The van der Waals surface area contributed by atoms with Crippen LogP contribution in [0.15, 0.2) is 0 Å². The first-order valence-electron chi connectivity index (χ1n) is 8.25. The smallest absolute Gasteiger partial charge is 0.230 e. The number of carbonyl (C=O) groups is 2. The van der Waals surface area contributed by atoms with Crippen LogP contribution < -0.4 is 5.73 Å². The topological polar surface area (TPSA) is 72.6 Å². The first kappa shape index (κ1) is 15.0. The fourth-order valence-corrected chi connectivity index (χ4v) is 4.46. The average Bonchev–Trinajstić information content (AvgIpc) is 2.48. The quantitative estimate of drug-likeness (QED) is 0.785. The molecular formula is C16H26N2O3. The number of imide groups is 1. The van der Waals surface area contributed by atoms with E-state index in [-0.39, 0.29) is 17.2 Å². The molecule has 2 aliphatic heterocycles. The molecule has 2 heterocycles. The Morgan fingerprint density at radius 3 is 2.05 bits per heavy atom. The average molecular weight is 294 g/mol. The van der Waals surface area contributed by atoms with Gasteiger partial charge in [-0.05, 0) is 31.1 Å². The van der Waals surface area contributed by atoms with Crippen molar-refractivity contribution in [1.29, 1.82) is 0 Å². The molecule has 2 amide bonds. The first-order chi connectivity index (χ1) is 10.1. The fraction of sp³-hybridized carbons (Fsp3) is 0.875. The third-order valence-electron chi connectivity index (χ3n) is 5.74. The number of hydrogen-bond donors (Lipinski definition) is 1. The Hall–Kier alpha value is -0.940. The third-order valence-corrected chi connectivity index (χ3v) is 5.74. The summed E-state index contributed by atoms with van der Waals surface area (Å²) in [4.78, 5) is 27.0. The summed E-state index contributed by atoms with van der Waals surface area (Å²) in [7, 11) is 0. The molecule has 1 aliphatic carbocycles. The number of carbonyl (C=O) groups excluding carboxylic acids is 2. The molecule has 1 spiro atoms. The molecule has 0 unspecified atom stereocenters. The highest BCUT2D eigenvalue weighted by Gasteiger charge is 2.51. The Balaban J connectivity index is 1.81. The summed E-state index contributed by atoms with van der Waals surface area (Å²) in [5.41, 5.74) is 5.41. The molecule has 3 aliphatic rings. The molecule has 0 atom stereocenters. The van der Waals surface area contributed by atoms with Crippen LogP contribution in [0.2, 0.25) is 0 Å². The molecule has 5 nitrogen and oxygen atoms in total. The van der Waals surface area contributed by atoms with Gasteiger partial charge in [-0.2, -0.15) is 0 Å². The zero-order valence-electron chi connectivity index (χ0n) is 12.7. The standard InChI is InChI=1S/C16H26N2O3/c17-12-16(6-8-21-9-7-16)18-13(19)10-15(11-14(18)20)4-2-1-3-5-15/h1-12,17H2. The molecule has 2 saturated heterocycles. The lowest BCUT2D eigenvalue weighted by molar-refractivity contribution is -0.166. The summed E-state index contributed by atoms with van der Waals surface area (Å²) in [6, 6.07) is 0. The maximum atomic E-state index is 12.8. The highest BCUT2D eigenvalue weighted by atomic mass is 16.5. The Kier molecular flexibility index (Phi) is 4.06. The van der Waals surface area contributed by atoms with E-state index >= 15 is 0 Å². The fourth-order valence-electron chi connectivity index (χ4n) is 4.46. The van der Waals surface area contributed by atoms with Gasteiger partial charge in [-0.1, -0.05) is 19.3 Å². The van der Waals surface area contributed by atoms with Crippen LogP contribution in [-0.2, 0) is 14.3 Å². The van der Waals surface area contributed by atoms with Crippen molar-refractivity contribution in [3.8, 4) is 0 Å². The lowest BCUT2D eigenvalue weighted by atomic mass is 9.67. The number of amides is 2. The zero-order valence-corrected chi connectivity index (χ0v) is 12.7. The van der Waals surface area contributed by atoms with E-state index in [1.54, 1.807) is 0 Å². The predicted molar refractivity (Wildman–Crippen MR) is 78.4 cm³/mol. The van der Waals surface area contributed by atoms with Crippen LogP contribution in [0.3, 0.4) is 0 Å². The molecule has 21 heavy (non-hydrogen) atoms. The van der Waals surface area contributed by atoms with E-state index in [1.807, 2.05) is 0 Å². The largest absolute Gasteiger partial charge is 0.381 e. The molecule has 1 saturated carbocycles. The van der Waals surface area contributed by atoms with Gasteiger partial charge in [0.25, 0.3) is 0 Å². The number of nitrogens with zero attached hydrogens (tertiary/aromatic N) is 1. The van der Waals surface area contributed by atoms with Gasteiger partial charge in [-0.3, -0.25) is 14.5 Å². The Labute approximate surface area is 126 Å². The van der Waals surface area contributed by atoms with E-state index in [4.69, 9.17) is 10.5 Å². The van der Waals surface area contributed by atoms with Crippen molar-refractivity contribution >= 4 is 11.8 Å². The third kappa shape index (κ3) is 2.61. The minimum atomic E-state index is -0.497. The van der Waals surface area contributed by atoms with Crippen LogP contribution in [-0.4, -0.2) is 42.0 Å². The minimum Gasteiger partial charge on any atom is -0.381 e. The molecule has 3 rings (SSSR count). The van der Waals surface area contributed by atoms with Gasteiger partial charge < -0.3 is 10.5 Å². The van der Waals surface area contributed by atoms with Gasteiger partial charge in [0, 0.05) is 32.6 Å². The van der Waals surface area contributed by atoms with E-state index in [9.17, 15) is 9.59 Å². The van der Waals surface area contributed by atoms with Crippen LogP contribution in [0.25, 0.3) is 0 Å². The second-order valence-corrected chi connectivity index (χ2v) is 7.08. The number of nitrogens with two attached hydrogens (primary N) is 1. The number of hydrogen-bond acceptors (Lipinski definition) is 4. The molecule has 2 N–H and O–H groups in total. The van der Waals surface area contributed by atoms with Crippen LogP contribution in [0.5, 0.6) is 0 Å². The van der Waals surface area contributed by atoms with E-state index < -0.39 is 5.54 Å². The van der Waals surface area contributed by atoms with Gasteiger partial charge in [0.05, 0.1) is 5.54 Å². The summed E-state index contributed by atoms with van der Waals surface area (Å²) in [6.45, 7) is 1.51. The van der Waals surface area contributed by atoms with E-state index in [0.717, 1.165) is 25.7 Å². The van der Waals surface area contributed by atoms with E-state index in [1.165, 1.54) is 11.3 Å². The van der Waals surface area contributed by atoms with Crippen LogP contribution in [0.1, 0.15) is 57.8 Å². The van der Waals surface area contributed by atoms with Gasteiger partial charge in [-0.25, -0.2) is 0 Å². The van der Waals surface area contributed by atoms with Gasteiger partial charge in [0.15, 0.2) is 0 Å². The number of likely N-dealkylation sites (tertiary alicyclic amines) is 1.